The third kappa shape index (κ3) is 2.69. The van der Waals surface area contributed by atoms with Crippen molar-refractivity contribution in [1.82, 2.24) is 10.2 Å². The highest BCUT2D eigenvalue weighted by Crippen LogP contribution is 2.31. The van der Waals surface area contributed by atoms with Crippen molar-refractivity contribution in [1.29, 1.82) is 0 Å². The highest BCUT2D eigenvalue weighted by atomic mass is 16.5. The molecule has 1 aliphatic carbocycles. The van der Waals surface area contributed by atoms with Crippen LogP contribution in [0.1, 0.15) is 25.7 Å². The fourth-order valence-electron chi connectivity index (χ4n) is 2.26. The summed E-state index contributed by atoms with van der Waals surface area (Å²) < 4.78 is 5.34. The normalized spacial score (nSPS) is 22.7. The molecule has 2 aliphatic rings. The van der Waals surface area contributed by atoms with Gasteiger partial charge in [0.25, 0.3) is 0 Å². The van der Waals surface area contributed by atoms with Gasteiger partial charge in [0, 0.05) is 25.3 Å². The van der Waals surface area contributed by atoms with E-state index in [9.17, 15) is 4.79 Å². The van der Waals surface area contributed by atoms with Crippen molar-refractivity contribution in [3.05, 3.63) is 0 Å². The number of nitrogens with zero attached hydrogens (tertiary/aromatic N) is 1. The number of carbonyl (C=O) groups excluding carboxylic acids is 1. The molecule has 0 unspecified atom stereocenters. The summed E-state index contributed by atoms with van der Waals surface area (Å²) in [6.45, 7) is 2.08. The molecule has 4 heteroatoms. The molecule has 1 N–H and O–H groups in total. The van der Waals surface area contributed by atoms with Crippen molar-refractivity contribution in [2.24, 2.45) is 0 Å². The third-order valence-corrected chi connectivity index (χ3v) is 3.14. The Hall–Kier alpha value is -0.610. The second-order valence-corrected chi connectivity index (χ2v) is 4.41. The van der Waals surface area contributed by atoms with E-state index < -0.39 is 0 Å². The summed E-state index contributed by atoms with van der Waals surface area (Å²) in [6.07, 6.45) is 4.39. The van der Waals surface area contributed by atoms with Crippen LogP contribution in [0.25, 0.3) is 0 Å². The average Bonchev–Trinajstić information content (AvgIpc) is 3.04. The minimum absolute atomic E-state index is 0.256. The zero-order valence-corrected chi connectivity index (χ0v) is 9.37. The predicted octanol–water partition coefficient (Wildman–Crippen LogP) is 0.376. The van der Waals surface area contributed by atoms with Gasteiger partial charge in [-0.05, 0) is 32.7 Å². The second-order valence-electron chi connectivity index (χ2n) is 4.41. The summed E-state index contributed by atoms with van der Waals surface area (Å²) >= 11 is 0. The van der Waals surface area contributed by atoms with Crippen molar-refractivity contribution in [3.8, 4) is 0 Å². The Morgan fingerprint density at radius 2 is 1.87 bits per heavy atom. The van der Waals surface area contributed by atoms with Gasteiger partial charge in [-0.15, -0.1) is 0 Å². The van der Waals surface area contributed by atoms with Gasteiger partial charge in [-0.3, -0.25) is 4.79 Å². The molecule has 0 spiro atoms. The predicted molar refractivity (Wildman–Crippen MR) is 57.6 cm³/mol. The Kier molecular flexibility index (Phi) is 3.59. The van der Waals surface area contributed by atoms with Crippen molar-refractivity contribution >= 4 is 5.91 Å². The van der Waals surface area contributed by atoms with Crippen LogP contribution in [0, 0.1) is 0 Å². The molecule has 1 saturated carbocycles. The zero-order valence-electron chi connectivity index (χ0n) is 9.37. The molecule has 2 rings (SSSR count). The number of amides is 1. The smallest absolute Gasteiger partial charge is 0.237 e. The molecule has 0 atom stereocenters. The van der Waals surface area contributed by atoms with Gasteiger partial charge in [0.1, 0.15) is 0 Å². The standard InChI is InChI=1S/C11H20N2O2/c1-12-8-11(14)13(9-2-3-9)10-4-6-15-7-5-10/h9-10,12H,2-8H2,1H3. The van der Waals surface area contributed by atoms with E-state index in [4.69, 9.17) is 4.74 Å². The van der Waals surface area contributed by atoms with Crippen molar-refractivity contribution in [3.63, 3.8) is 0 Å². The van der Waals surface area contributed by atoms with E-state index in [0.717, 1.165) is 26.1 Å². The fourth-order valence-corrected chi connectivity index (χ4v) is 2.26. The van der Waals surface area contributed by atoms with Crippen LogP contribution in [-0.4, -0.2) is 49.7 Å². The van der Waals surface area contributed by atoms with Gasteiger partial charge in [-0.2, -0.15) is 0 Å². The molecule has 0 aromatic rings. The molecule has 1 saturated heterocycles. The van der Waals surface area contributed by atoms with Crippen LogP contribution in [0.3, 0.4) is 0 Å². The Balaban J connectivity index is 1.94. The minimum Gasteiger partial charge on any atom is -0.381 e. The SMILES string of the molecule is CNCC(=O)N(C1CCOCC1)C1CC1. The number of likely N-dealkylation sites (N-methyl/N-ethyl adjacent to an activating group) is 1. The largest absolute Gasteiger partial charge is 0.381 e. The molecule has 0 aromatic heterocycles. The van der Waals surface area contributed by atoms with E-state index in [1.165, 1.54) is 12.8 Å². The molecule has 1 aliphatic heterocycles. The summed E-state index contributed by atoms with van der Waals surface area (Å²) in [5.41, 5.74) is 0. The molecule has 1 heterocycles. The van der Waals surface area contributed by atoms with Gasteiger partial charge in [0.05, 0.1) is 6.54 Å². The summed E-state index contributed by atoms with van der Waals surface area (Å²) in [7, 11) is 1.83. The maximum Gasteiger partial charge on any atom is 0.237 e. The number of hydrogen-bond acceptors (Lipinski definition) is 3. The van der Waals surface area contributed by atoms with E-state index in [2.05, 4.69) is 10.2 Å². The molecule has 86 valence electrons. The van der Waals surface area contributed by atoms with Crippen LogP contribution in [0.2, 0.25) is 0 Å². The van der Waals surface area contributed by atoms with Crippen LogP contribution in [0.15, 0.2) is 0 Å². The maximum atomic E-state index is 11.9. The lowest BCUT2D eigenvalue weighted by atomic mass is 10.1. The zero-order chi connectivity index (χ0) is 10.7. The Labute approximate surface area is 91.0 Å². The van der Waals surface area contributed by atoms with E-state index in [1.54, 1.807) is 0 Å². The van der Waals surface area contributed by atoms with E-state index in [-0.39, 0.29) is 5.91 Å². The van der Waals surface area contributed by atoms with Crippen LogP contribution in [0.4, 0.5) is 0 Å². The number of ether oxygens (including phenoxy) is 1. The summed E-state index contributed by atoms with van der Waals surface area (Å²) in [5.74, 6) is 0.256. The molecule has 4 nitrogen and oxygen atoms in total. The lowest BCUT2D eigenvalue weighted by molar-refractivity contribution is -0.135. The molecular weight excluding hydrogens is 192 g/mol. The molecule has 0 radical (unpaired) electrons. The van der Waals surface area contributed by atoms with E-state index in [1.807, 2.05) is 7.05 Å². The highest BCUT2D eigenvalue weighted by Gasteiger charge is 2.37. The molecule has 0 aromatic carbocycles. The van der Waals surface area contributed by atoms with Gasteiger partial charge in [-0.25, -0.2) is 0 Å². The van der Waals surface area contributed by atoms with Gasteiger partial charge in [0.15, 0.2) is 0 Å². The topological polar surface area (TPSA) is 41.6 Å². The van der Waals surface area contributed by atoms with Gasteiger partial charge in [-0.1, -0.05) is 0 Å². The quantitative estimate of drug-likeness (QED) is 0.732. The number of carbonyl (C=O) groups is 1. The maximum absolute atomic E-state index is 11.9. The van der Waals surface area contributed by atoms with Gasteiger partial charge in [0.2, 0.25) is 5.91 Å². The van der Waals surface area contributed by atoms with Crippen LogP contribution >= 0.6 is 0 Å². The lowest BCUT2D eigenvalue weighted by Gasteiger charge is -2.34. The second kappa shape index (κ2) is 4.94. The van der Waals surface area contributed by atoms with Gasteiger partial charge >= 0.3 is 0 Å². The molecule has 2 fully saturated rings. The van der Waals surface area contributed by atoms with Crippen LogP contribution in [-0.2, 0) is 9.53 Å². The molecule has 1 amide bonds. The first-order chi connectivity index (χ1) is 7.33. The van der Waals surface area contributed by atoms with Crippen molar-refractivity contribution < 1.29 is 9.53 Å². The molecule has 0 bridgehead atoms. The van der Waals surface area contributed by atoms with Crippen molar-refractivity contribution in [2.45, 2.75) is 37.8 Å². The highest BCUT2D eigenvalue weighted by molar-refractivity contribution is 5.79. The molecule has 15 heavy (non-hydrogen) atoms. The minimum atomic E-state index is 0.256. The van der Waals surface area contributed by atoms with Gasteiger partial charge < -0.3 is 15.0 Å². The Morgan fingerprint density at radius 3 is 2.40 bits per heavy atom. The fraction of sp³-hybridized carbons (Fsp3) is 0.909. The van der Waals surface area contributed by atoms with Crippen LogP contribution < -0.4 is 5.32 Å². The Bertz CT molecular complexity index is 223. The summed E-state index contributed by atoms with van der Waals surface area (Å²) in [6, 6.07) is 0.945. The first-order valence-electron chi connectivity index (χ1n) is 5.86. The van der Waals surface area contributed by atoms with Crippen molar-refractivity contribution in [2.75, 3.05) is 26.8 Å². The number of hydrogen-bond donors (Lipinski definition) is 1. The Morgan fingerprint density at radius 1 is 1.27 bits per heavy atom. The average molecular weight is 212 g/mol. The first kappa shape index (κ1) is 10.9. The lowest BCUT2D eigenvalue weighted by Crippen LogP contribution is -2.47. The summed E-state index contributed by atoms with van der Waals surface area (Å²) in [4.78, 5) is 14.1. The van der Waals surface area contributed by atoms with E-state index in [0.29, 0.717) is 18.6 Å². The number of rotatable bonds is 4. The third-order valence-electron chi connectivity index (χ3n) is 3.14. The van der Waals surface area contributed by atoms with E-state index >= 15 is 0 Å². The molecular formula is C11H20N2O2. The monoisotopic (exact) mass is 212 g/mol. The van der Waals surface area contributed by atoms with Crippen LogP contribution in [0.5, 0.6) is 0 Å². The number of nitrogens with one attached hydrogen (secondary N) is 1. The first-order valence-corrected chi connectivity index (χ1v) is 5.86. The summed E-state index contributed by atoms with van der Waals surface area (Å²) in [5, 5.41) is 2.95.